The Bertz CT molecular complexity index is 629. The quantitative estimate of drug-likeness (QED) is 0.731. The number of carbonyl (C=O) groups is 1. The number of aryl methyl sites for hydroxylation is 1. The summed E-state index contributed by atoms with van der Waals surface area (Å²) < 4.78 is 7.36. The van der Waals surface area contributed by atoms with E-state index in [0.717, 1.165) is 17.8 Å². The van der Waals surface area contributed by atoms with Crippen LogP contribution in [-0.4, -0.2) is 22.1 Å². The van der Waals surface area contributed by atoms with Crippen molar-refractivity contribution in [3.63, 3.8) is 0 Å². The first kappa shape index (κ1) is 17.3. The molecule has 2 rings (SSSR count). The van der Waals surface area contributed by atoms with Gasteiger partial charge in [0.2, 0.25) is 0 Å². The lowest BCUT2D eigenvalue weighted by molar-refractivity contribution is -0.145. The maximum Gasteiger partial charge on any atom is 0.313 e. The van der Waals surface area contributed by atoms with Crippen LogP contribution >= 0.6 is 0 Å². The molecule has 1 aromatic carbocycles. The summed E-state index contributed by atoms with van der Waals surface area (Å²) in [4.78, 5) is 16.3. The zero-order valence-electron chi connectivity index (χ0n) is 14.5. The number of carbonyl (C=O) groups excluding carboxylic acids is 1. The first-order valence-electron chi connectivity index (χ1n) is 8.20. The number of hydrogen-bond donors (Lipinski definition) is 0. The fraction of sp³-hybridized carbons (Fsp3) is 0.474. The van der Waals surface area contributed by atoms with Gasteiger partial charge in [-0.2, -0.15) is 0 Å². The molecule has 0 aliphatic heterocycles. The van der Waals surface area contributed by atoms with E-state index in [1.807, 2.05) is 36.7 Å². The third-order valence-corrected chi connectivity index (χ3v) is 3.98. The first-order valence-corrected chi connectivity index (χ1v) is 8.20. The maximum atomic E-state index is 12.2. The average molecular weight is 314 g/mol. The van der Waals surface area contributed by atoms with Crippen molar-refractivity contribution in [2.45, 2.75) is 46.6 Å². The van der Waals surface area contributed by atoms with Crippen molar-refractivity contribution in [2.75, 3.05) is 6.61 Å². The summed E-state index contributed by atoms with van der Waals surface area (Å²) in [5.74, 6) is 1.14. The molecule has 124 valence electrons. The van der Waals surface area contributed by atoms with E-state index in [2.05, 4.69) is 31.0 Å². The van der Waals surface area contributed by atoms with Crippen LogP contribution in [0.5, 0.6) is 0 Å². The monoisotopic (exact) mass is 314 g/mol. The Morgan fingerprint density at radius 2 is 1.91 bits per heavy atom. The van der Waals surface area contributed by atoms with E-state index in [0.29, 0.717) is 19.1 Å². The maximum absolute atomic E-state index is 12.2. The lowest BCUT2D eigenvalue weighted by Crippen LogP contribution is -2.16. The van der Waals surface area contributed by atoms with Crippen molar-refractivity contribution in [1.82, 2.24) is 9.55 Å². The lowest BCUT2D eigenvalue weighted by Gasteiger charge is -2.13. The van der Waals surface area contributed by atoms with E-state index >= 15 is 0 Å². The Morgan fingerprint density at radius 1 is 1.22 bits per heavy atom. The van der Waals surface area contributed by atoms with Gasteiger partial charge in [-0.25, -0.2) is 4.98 Å². The van der Waals surface area contributed by atoms with Gasteiger partial charge in [0.05, 0.1) is 12.5 Å². The number of ether oxygens (including phenoxy) is 1. The molecule has 2 aromatic rings. The number of nitrogens with zero attached hydrogens (tertiary/aromatic N) is 2. The van der Waals surface area contributed by atoms with E-state index in [1.54, 1.807) is 6.20 Å². The van der Waals surface area contributed by atoms with Gasteiger partial charge < -0.3 is 9.30 Å². The number of aromatic nitrogens is 2. The molecule has 0 aliphatic rings. The highest BCUT2D eigenvalue weighted by molar-refractivity contribution is 5.77. The van der Waals surface area contributed by atoms with Crippen molar-refractivity contribution >= 4 is 5.97 Å². The second-order valence-corrected chi connectivity index (χ2v) is 6.40. The largest absolute Gasteiger partial charge is 0.463 e. The van der Waals surface area contributed by atoms with Crippen LogP contribution in [0, 0.1) is 12.8 Å². The Morgan fingerprint density at radius 3 is 2.48 bits per heavy atom. The summed E-state index contributed by atoms with van der Waals surface area (Å²) in [6, 6.07) is 8.27. The number of imidazole rings is 1. The van der Waals surface area contributed by atoms with Gasteiger partial charge in [-0.15, -0.1) is 0 Å². The fourth-order valence-electron chi connectivity index (χ4n) is 2.56. The molecule has 0 aliphatic carbocycles. The SMILES string of the molecule is Cc1nccn1CCOC(=O)C(C)c1ccc(CC(C)C)cc1. The molecule has 23 heavy (non-hydrogen) atoms. The smallest absolute Gasteiger partial charge is 0.313 e. The third-order valence-electron chi connectivity index (χ3n) is 3.98. The molecule has 1 aromatic heterocycles. The van der Waals surface area contributed by atoms with Crippen LogP contribution in [0.3, 0.4) is 0 Å². The van der Waals surface area contributed by atoms with Crippen molar-refractivity contribution in [3.8, 4) is 0 Å². The van der Waals surface area contributed by atoms with Crippen molar-refractivity contribution < 1.29 is 9.53 Å². The molecule has 0 saturated carbocycles. The van der Waals surface area contributed by atoms with E-state index < -0.39 is 0 Å². The van der Waals surface area contributed by atoms with Crippen LogP contribution in [-0.2, 0) is 22.5 Å². The number of hydrogen-bond acceptors (Lipinski definition) is 3. The van der Waals surface area contributed by atoms with E-state index in [1.165, 1.54) is 5.56 Å². The van der Waals surface area contributed by atoms with E-state index in [9.17, 15) is 4.79 Å². The summed E-state index contributed by atoms with van der Waals surface area (Å²) in [6.45, 7) is 9.24. The minimum Gasteiger partial charge on any atom is -0.463 e. The summed E-state index contributed by atoms with van der Waals surface area (Å²) >= 11 is 0. The Balaban J connectivity index is 1.85. The Hall–Kier alpha value is -2.10. The summed E-state index contributed by atoms with van der Waals surface area (Å²) in [5.41, 5.74) is 2.31. The minimum absolute atomic E-state index is 0.181. The van der Waals surface area contributed by atoms with Crippen LogP contribution in [0.25, 0.3) is 0 Å². The van der Waals surface area contributed by atoms with Gasteiger partial charge in [-0.1, -0.05) is 38.1 Å². The molecule has 0 spiro atoms. The zero-order chi connectivity index (χ0) is 16.8. The van der Waals surface area contributed by atoms with Crippen LogP contribution in [0.4, 0.5) is 0 Å². The third kappa shape index (κ3) is 4.95. The highest BCUT2D eigenvalue weighted by Gasteiger charge is 2.16. The number of benzene rings is 1. The Kier molecular flexibility index (Phi) is 5.97. The topological polar surface area (TPSA) is 44.1 Å². The lowest BCUT2D eigenvalue weighted by atomic mass is 9.97. The highest BCUT2D eigenvalue weighted by Crippen LogP contribution is 2.19. The van der Waals surface area contributed by atoms with Gasteiger partial charge in [-0.05, 0) is 37.3 Å². The standard InChI is InChI=1S/C19H26N2O2/c1-14(2)13-17-5-7-18(8-6-17)15(3)19(22)23-12-11-21-10-9-20-16(21)4/h5-10,14-15H,11-13H2,1-4H3. The van der Waals surface area contributed by atoms with Gasteiger partial charge in [0, 0.05) is 12.4 Å². The summed E-state index contributed by atoms with van der Waals surface area (Å²) in [7, 11) is 0. The molecule has 0 radical (unpaired) electrons. The molecular weight excluding hydrogens is 288 g/mol. The van der Waals surface area contributed by atoms with Gasteiger partial charge in [0.1, 0.15) is 12.4 Å². The second kappa shape index (κ2) is 7.95. The van der Waals surface area contributed by atoms with Gasteiger partial charge in [0.15, 0.2) is 0 Å². The first-order chi connectivity index (χ1) is 11.0. The minimum atomic E-state index is -0.244. The van der Waals surface area contributed by atoms with Crippen molar-refractivity contribution in [2.24, 2.45) is 5.92 Å². The molecule has 0 fully saturated rings. The van der Waals surface area contributed by atoms with E-state index in [-0.39, 0.29) is 11.9 Å². The highest BCUT2D eigenvalue weighted by atomic mass is 16.5. The number of rotatable bonds is 7. The molecule has 4 nitrogen and oxygen atoms in total. The van der Waals surface area contributed by atoms with Gasteiger partial charge in [-0.3, -0.25) is 4.79 Å². The molecule has 0 saturated heterocycles. The van der Waals surface area contributed by atoms with Crippen LogP contribution in [0.1, 0.15) is 43.6 Å². The molecule has 4 heteroatoms. The van der Waals surface area contributed by atoms with Gasteiger partial charge in [0.25, 0.3) is 0 Å². The van der Waals surface area contributed by atoms with Crippen LogP contribution < -0.4 is 0 Å². The molecule has 1 unspecified atom stereocenters. The van der Waals surface area contributed by atoms with E-state index in [4.69, 9.17) is 4.74 Å². The predicted molar refractivity (Wildman–Crippen MR) is 91.3 cm³/mol. The Labute approximate surface area is 138 Å². The fourth-order valence-corrected chi connectivity index (χ4v) is 2.56. The van der Waals surface area contributed by atoms with Gasteiger partial charge >= 0.3 is 5.97 Å². The summed E-state index contributed by atoms with van der Waals surface area (Å²) in [6.07, 6.45) is 4.70. The summed E-state index contributed by atoms with van der Waals surface area (Å²) in [5, 5.41) is 0. The van der Waals surface area contributed by atoms with Crippen molar-refractivity contribution in [3.05, 3.63) is 53.6 Å². The van der Waals surface area contributed by atoms with Crippen LogP contribution in [0.15, 0.2) is 36.7 Å². The predicted octanol–water partition coefficient (Wildman–Crippen LogP) is 3.74. The van der Waals surface area contributed by atoms with Crippen LogP contribution in [0.2, 0.25) is 0 Å². The molecule has 0 N–H and O–H groups in total. The average Bonchev–Trinajstić information content (AvgIpc) is 2.92. The van der Waals surface area contributed by atoms with Crippen molar-refractivity contribution in [1.29, 1.82) is 0 Å². The molecule has 1 heterocycles. The number of esters is 1. The molecule has 1 atom stereocenters. The zero-order valence-corrected chi connectivity index (χ0v) is 14.5. The molecule has 0 bridgehead atoms. The molecule has 0 amide bonds. The normalized spacial score (nSPS) is 12.4. The second-order valence-electron chi connectivity index (χ2n) is 6.40. The molecular formula is C19H26N2O2.